The van der Waals surface area contributed by atoms with Crippen LogP contribution in [0.1, 0.15) is 21.9 Å². The lowest BCUT2D eigenvalue weighted by molar-refractivity contribution is -0.121. The van der Waals surface area contributed by atoms with E-state index in [1.54, 1.807) is 11.3 Å². The predicted molar refractivity (Wildman–Crippen MR) is 108 cm³/mol. The Balaban J connectivity index is 1.58. The number of benzene rings is 2. The van der Waals surface area contributed by atoms with Crippen LogP contribution in [0.4, 0.5) is 0 Å². The molecule has 0 aliphatic rings. The van der Waals surface area contributed by atoms with Crippen molar-refractivity contribution in [3.05, 3.63) is 94.2 Å². The van der Waals surface area contributed by atoms with Gasteiger partial charge in [0, 0.05) is 22.9 Å². The second kappa shape index (κ2) is 9.44. The highest BCUT2D eigenvalue weighted by Crippen LogP contribution is 2.24. The molecule has 0 aliphatic heterocycles. The van der Waals surface area contributed by atoms with Crippen molar-refractivity contribution in [3.8, 4) is 0 Å². The van der Waals surface area contributed by atoms with Gasteiger partial charge in [-0.2, -0.15) is 11.8 Å². The van der Waals surface area contributed by atoms with E-state index in [0.29, 0.717) is 6.54 Å². The van der Waals surface area contributed by atoms with E-state index in [9.17, 15) is 4.79 Å². The van der Waals surface area contributed by atoms with Crippen LogP contribution in [0.3, 0.4) is 0 Å². The molecule has 1 amide bonds. The van der Waals surface area contributed by atoms with E-state index in [2.05, 4.69) is 22.8 Å². The lowest BCUT2D eigenvalue weighted by Gasteiger charge is -2.17. The summed E-state index contributed by atoms with van der Waals surface area (Å²) in [5.41, 5.74) is 2.05. The van der Waals surface area contributed by atoms with E-state index in [1.165, 1.54) is 4.88 Å². The van der Waals surface area contributed by atoms with Crippen LogP contribution in [-0.4, -0.2) is 18.2 Å². The molecule has 1 heterocycles. The Bertz CT molecular complexity index is 718. The number of rotatable bonds is 8. The number of nitrogens with one attached hydrogen (secondary N) is 1. The molecule has 1 aromatic heterocycles. The van der Waals surface area contributed by atoms with Crippen LogP contribution in [0.2, 0.25) is 0 Å². The maximum Gasteiger partial charge on any atom is 0.232 e. The molecule has 25 heavy (non-hydrogen) atoms. The first-order valence-electron chi connectivity index (χ1n) is 8.32. The Morgan fingerprint density at radius 1 is 0.920 bits per heavy atom. The summed E-state index contributed by atoms with van der Waals surface area (Å²) >= 11 is 3.63. The van der Waals surface area contributed by atoms with Gasteiger partial charge < -0.3 is 5.32 Å². The zero-order valence-corrected chi connectivity index (χ0v) is 15.6. The summed E-state index contributed by atoms with van der Waals surface area (Å²) in [5.74, 6) is 1.73. The minimum absolute atomic E-state index is 0.0640. The lowest BCUT2D eigenvalue weighted by atomic mass is 9.90. The fraction of sp³-hybridized carbons (Fsp3) is 0.190. The molecule has 0 saturated heterocycles. The normalized spacial score (nSPS) is 10.8. The zero-order chi connectivity index (χ0) is 17.3. The Morgan fingerprint density at radius 2 is 1.56 bits per heavy atom. The monoisotopic (exact) mass is 367 g/mol. The standard InChI is InChI=1S/C21H21NOS2/c23-21(22-13-15-24-16-19-12-7-14-25-19)20(17-8-3-1-4-9-17)18-10-5-2-6-11-18/h1-12,14,20H,13,15-16H2,(H,22,23). The summed E-state index contributed by atoms with van der Waals surface area (Å²) in [5, 5.41) is 5.20. The minimum atomic E-state index is -0.260. The molecule has 0 radical (unpaired) electrons. The molecular formula is C21H21NOS2. The van der Waals surface area contributed by atoms with Crippen LogP contribution in [0.5, 0.6) is 0 Å². The molecule has 2 aromatic carbocycles. The third-order valence-electron chi connectivity index (χ3n) is 3.90. The van der Waals surface area contributed by atoms with Gasteiger partial charge >= 0.3 is 0 Å². The summed E-state index contributed by atoms with van der Waals surface area (Å²) in [7, 11) is 0. The molecule has 1 N–H and O–H groups in total. The smallest absolute Gasteiger partial charge is 0.232 e. The number of amides is 1. The molecule has 4 heteroatoms. The fourth-order valence-electron chi connectivity index (χ4n) is 2.70. The quantitative estimate of drug-likeness (QED) is 0.572. The largest absolute Gasteiger partial charge is 0.354 e. The van der Waals surface area contributed by atoms with Gasteiger partial charge in [0.1, 0.15) is 0 Å². The maximum absolute atomic E-state index is 12.8. The Morgan fingerprint density at radius 3 is 2.12 bits per heavy atom. The van der Waals surface area contributed by atoms with Crippen molar-refractivity contribution >= 4 is 29.0 Å². The molecule has 0 atom stereocenters. The Kier molecular flexibility index (Phi) is 6.71. The third kappa shape index (κ3) is 5.21. The number of hydrogen-bond acceptors (Lipinski definition) is 3. The number of carbonyl (C=O) groups is 1. The predicted octanol–water partition coefficient (Wildman–Crippen LogP) is 4.93. The average molecular weight is 368 g/mol. The van der Waals surface area contributed by atoms with Gasteiger partial charge in [0.2, 0.25) is 5.91 Å². The van der Waals surface area contributed by atoms with Crippen molar-refractivity contribution in [2.75, 3.05) is 12.3 Å². The molecule has 0 fully saturated rings. The number of carbonyl (C=O) groups excluding carboxylic acids is 1. The summed E-state index contributed by atoms with van der Waals surface area (Å²) in [4.78, 5) is 14.2. The van der Waals surface area contributed by atoms with Crippen LogP contribution < -0.4 is 5.32 Å². The third-order valence-corrected chi connectivity index (χ3v) is 5.97. The summed E-state index contributed by atoms with van der Waals surface area (Å²) in [6, 6.07) is 24.2. The van der Waals surface area contributed by atoms with Crippen LogP contribution in [0.25, 0.3) is 0 Å². The van der Waals surface area contributed by atoms with E-state index in [-0.39, 0.29) is 11.8 Å². The lowest BCUT2D eigenvalue weighted by Crippen LogP contribution is -2.31. The van der Waals surface area contributed by atoms with Gasteiger partial charge in [-0.1, -0.05) is 66.7 Å². The molecule has 0 aliphatic carbocycles. The SMILES string of the molecule is O=C(NCCSCc1cccs1)C(c1ccccc1)c1ccccc1. The van der Waals surface area contributed by atoms with Gasteiger partial charge in [-0.15, -0.1) is 11.3 Å². The number of thioether (sulfide) groups is 1. The van der Waals surface area contributed by atoms with Crippen molar-refractivity contribution in [2.45, 2.75) is 11.7 Å². The van der Waals surface area contributed by atoms with Gasteiger partial charge in [0.05, 0.1) is 5.92 Å². The highest BCUT2D eigenvalue weighted by Gasteiger charge is 2.21. The Labute approximate surface area is 157 Å². The molecule has 0 bridgehead atoms. The van der Waals surface area contributed by atoms with Crippen LogP contribution in [0, 0.1) is 0 Å². The molecule has 0 spiro atoms. The van der Waals surface area contributed by atoms with E-state index in [4.69, 9.17) is 0 Å². The molecule has 0 unspecified atom stereocenters. The summed E-state index contributed by atoms with van der Waals surface area (Å²) in [6.07, 6.45) is 0. The molecule has 3 rings (SSSR count). The molecular weight excluding hydrogens is 346 g/mol. The number of thiophene rings is 1. The average Bonchev–Trinajstić information content (AvgIpc) is 3.17. The van der Waals surface area contributed by atoms with Gasteiger partial charge in [0.25, 0.3) is 0 Å². The molecule has 0 saturated carbocycles. The fourth-order valence-corrected chi connectivity index (χ4v) is 4.40. The summed E-state index contributed by atoms with van der Waals surface area (Å²) < 4.78 is 0. The van der Waals surface area contributed by atoms with Crippen LogP contribution >= 0.6 is 23.1 Å². The number of hydrogen-bond donors (Lipinski definition) is 1. The first kappa shape index (κ1) is 17.8. The van der Waals surface area contributed by atoms with Gasteiger partial charge in [0.15, 0.2) is 0 Å². The first-order chi connectivity index (χ1) is 12.3. The van der Waals surface area contributed by atoms with Gasteiger partial charge in [-0.3, -0.25) is 4.79 Å². The van der Waals surface area contributed by atoms with Crippen molar-refractivity contribution < 1.29 is 4.79 Å². The zero-order valence-electron chi connectivity index (χ0n) is 13.9. The van der Waals surface area contributed by atoms with Crippen molar-refractivity contribution in [3.63, 3.8) is 0 Å². The highest BCUT2D eigenvalue weighted by atomic mass is 32.2. The van der Waals surface area contributed by atoms with Crippen LogP contribution in [-0.2, 0) is 10.5 Å². The Hall–Kier alpha value is -2.04. The molecule has 3 aromatic rings. The van der Waals surface area contributed by atoms with E-state index >= 15 is 0 Å². The van der Waals surface area contributed by atoms with Crippen molar-refractivity contribution in [1.29, 1.82) is 0 Å². The second-order valence-electron chi connectivity index (χ2n) is 5.68. The molecule has 128 valence electrons. The van der Waals surface area contributed by atoms with E-state index < -0.39 is 0 Å². The van der Waals surface area contributed by atoms with E-state index in [0.717, 1.165) is 22.6 Å². The van der Waals surface area contributed by atoms with Gasteiger partial charge in [-0.05, 0) is 22.6 Å². The van der Waals surface area contributed by atoms with Crippen molar-refractivity contribution in [1.82, 2.24) is 5.32 Å². The van der Waals surface area contributed by atoms with Gasteiger partial charge in [-0.25, -0.2) is 0 Å². The first-order valence-corrected chi connectivity index (χ1v) is 10.4. The highest BCUT2D eigenvalue weighted by molar-refractivity contribution is 7.98. The van der Waals surface area contributed by atoms with Crippen molar-refractivity contribution in [2.24, 2.45) is 0 Å². The minimum Gasteiger partial charge on any atom is -0.354 e. The topological polar surface area (TPSA) is 29.1 Å². The van der Waals surface area contributed by atoms with E-state index in [1.807, 2.05) is 72.4 Å². The summed E-state index contributed by atoms with van der Waals surface area (Å²) in [6.45, 7) is 0.686. The van der Waals surface area contributed by atoms with Crippen LogP contribution in [0.15, 0.2) is 78.2 Å². The maximum atomic E-state index is 12.8. The second-order valence-corrected chi connectivity index (χ2v) is 7.81. The molecule has 2 nitrogen and oxygen atoms in total.